The van der Waals surface area contributed by atoms with Crippen LogP contribution >= 0.6 is 11.6 Å². The van der Waals surface area contributed by atoms with E-state index in [0.717, 1.165) is 0 Å². The number of aromatic nitrogens is 1. The van der Waals surface area contributed by atoms with Crippen molar-refractivity contribution in [3.05, 3.63) is 47.1 Å². The lowest BCUT2D eigenvalue weighted by atomic mass is 9.98. The van der Waals surface area contributed by atoms with E-state index in [1.807, 2.05) is 0 Å². The predicted molar refractivity (Wildman–Crippen MR) is 115 cm³/mol. The summed E-state index contributed by atoms with van der Waals surface area (Å²) in [4.78, 5) is 29.7. The minimum Gasteiger partial charge on any atom is -0.478 e. The second-order valence-corrected chi connectivity index (χ2v) is 9.03. The van der Waals surface area contributed by atoms with E-state index in [1.165, 1.54) is 30.5 Å². The number of piperidine rings is 1. The van der Waals surface area contributed by atoms with Crippen LogP contribution in [0, 0.1) is 5.92 Å². The quantitative estimate of drug-likeness (QED) is 0.595. The number of carbonyl (C=O) groups excluding carboxylic acids is 1. The molecule has 1 atom stereocenters. The Hall–Kier alpha value is -2.85. The number of ether oxygens (including phenoxy) is 1. The van der Waals surface area contributed by atoms with Crippen molar-refractivity contribution < 1.29 is 27.9 Å². The topological polar surface area (TPSA) is 126 Å². The molecule has 0 aliphatic carbocycles. The summed E-state index contributed by atoms with van der Waals surface area (Å²) in [7, 11) is -4.04. The largest absolute Gasteiger partial charge is 0.478 e. The molecule has 166 valence electrons. The van der Waals surface area contributed by atoms with Gasteiger partial charge in [-0.05, 0) is 38.0 Å². The number of pyridine rings is 1. The standard InChI is InChI=1S/C20H22ClN3O6S/c1-2-30-20(27)13-6-5-9-24(12-13)18-15(19(25)26)10-14(11-22-18)23-31(28,29)17-8-4-3-7-16(17)21/h3-4,7-8,10-11,13,23H,2,5-6,9,12H2,1H3,(H,25,26)/t13-/m0/s1. The van der Waals surface area contributed by atoms with Gasteiger partial charge < -0.3 is 14.7 Å². The van der Waals surface area contributed by atoms with Crippen LogP contribution in [0.25, 0.3) is 0 Å². The van der Waals surface area contributed by atoms with Crippen LogP contribution in [0.2, 0.25) is 5.02 Å². The summed E-state index contributed by atoms with van der Waals surface area (Å²) in [5.41, 5.74) is -0.191. The van der Waals surface area contributed by atoms with Crippen LogP contribution in [0.3, 0.4) is 0 Å². The highest BCUT2D eigenvalue weighted by atomic mass is 35.5. The highest BCUT2D eigenvalue weighted by molar-refractivity contribution is 7.92. The number of benzene rings is 1. The molecule has 3 rings (SSSR count). The van der Waals surface area contributed by atoms with Gasteiger partial charge in [0, 0.05) is 13.1 Å². The van der Waals surface area contributed by atoms with Gasteiger partial charge in [0.05, 0.1) is 29.4 Å². The molecule has 31 heavy (non-hydrogen) atoms. The van der Waals surface area contributed by atoms with E-state index in [4.69, 9.17) is 16.3 Å². The monoisotopic (exact) mass is 467 g/mol. The first-order valence-corrected chi connectivity index (χ1v) is 11.5. The van der Waals surface area contributed by atoms with Gasteiger partial charge in [-0.25, -0.2) is 18.2 Å². The molecule has 9 nitrogen and oxygen atoms in total. The molecule has 0 saturated carbocycles. The molecule has 0 radical (unpaired) electrons. The molecule has 1 aromatic carbocycles. The number of carboxylic acid groups (broad SMARTS) is 1. The molecule has 2 heterocycles. The number of carbonyl (C=O) groups is 2. The lowest BCUT2D eigenvalue weighted by molar-refractivity contribution is -0.148. The zero-order chi connectivity index (χ0) is 22.6. The maximum Gasteiger partial charge on any atom is 0.339 e. The summed E-state index contributed by atoms with van der Waals surface area (Å²) >= 11 is 5.97. The van der Waals surface area contributed by atoms with Crippen molar-refractivity contribution in [2.75, 3.05) is 29.3 Å². The van der Waals surface area contributed by atoms with Crippen molar-refractivity contribution in [2.24, 2.45) is 5.92 Å². The Kier molecular flexibility index (Phi) is 7.01. The van der Waals surface area contributed by atoms with Gasteiger partial charge >= 0.3 is 11.9 Å². The van der Waals surface area contributed by atoms with Gasteiger partial charge in [0.1, 0.15) is 16.3 Å². The van der Waals surface area contributed by atoms with Crippen LogP contribution in [0.4, 0.5) is 11.5 Å². The fourth-order valence-corrected chi connectivity index (χ4v) is 4.97. The summed E-state index contributed by atoms with van der Waals surface area (Å²) in [6, 6.07) is 7.11. The fraction of sp³-hybridized carbons (Fsp3) is 0.350. The van der Waals surface area contributed by atoms with Crippen LogP contribution in [0.5, 0.6) is 0 Å². The first-order chi connectivity index (χ1) is 14.7. The molecule has 11 heteroatoms. The van der Waals surface area contributed by atoms with E-state index in [2.05, 4.69) is 9.71 Å². The highest BCUT2D eigenvalue weighted by Crippen LogP contribution is 2.29. The number of anilines is 2. The van der Waals surface area contributed by atoms with Crippen LogP contribution in [0.1, 0.15) is 30.1 Å². The van der Waals surface area contributed by atoms with E-state index in [-0.39, 0.29) is 52.0 Å². The van der Waals surface area contributed by atoms with Crippen molar-refractivity contribution >= 4 is 45.1 Å². The number of esters is 1. The normalized spacial score (nSPS) is 16.6. The smallest absolute Gasteiger partial charge is 0.339 e. The Labute approximate surface area is 185 Å². The number of aromatic carboxylic acids is 1. The maximum absolute atomic E-state index is 12.6. The molecule has 2 N–H and O–H groups in total. The molecule has 1 saturated heterocycles. The van der Waals surface area contributed by atoms with Crippen LogP contribution < -0.4 is 9.62 Å². The second-order valence-electron chi connectivity index (χ2n) is 6.97. The summed E-state index contributed by atoms with van der Waals surface area (Å²) in [6.07, 6.45) is 2.56. The number of nitrogens with zero attached hydrogens (tertiary/aromatic N) is 2. The molecule has 1 aliphatic heterocycles. The lowest BCUT2D eigenvalue weighted by Crippen LogP contribution is -2.40. The third-order valence-corrected chi connectivity index (χ3v) is 6.70. The van der Waals surface area contributed by atoms with Crippen molar-refractivity contribution in [1.82, 2.24) is 4.98 Å². The number of rotatable bonds is 7. The van der Waals surface area contributed by atoms with Crippen LogP contribution in [-0.4, -0.2) is 50.1 Å². The zero-order valence-corrected chi connectivity index (χ0v) is 18.3. The van der Waals surface area contributed by atoms with Gasteiger partial charge in [0.15, 0.2) is 0 Å². The first kappa shape index (κ1) is 22.8. The molecular weight excluding hydrogens is 446 g/mol. The first-order valence-electron chi connectivity index (χ1n) is 9.65. The number of sulfonamides is 1. The molecule has 0 unspecified atom stereocenters. The highest BCUT2D eigenvalue weighted by Gasteiger charge is 2.30. The molecule has 1 fully saturated rings. The molecule has 1 aliphatic rings. The Morgan fingerprint density at radius 3 is 2.77 bits per heavy atom. The Morgan fingerprint density at radius 2 is 2.10 bits per heavy atom. The average Bonchev–Trinajstić information content (AvgIpc) is 2.74. The molecule has 0 spiro atoms. The number of halogens is 1. The van der Waals surface area contributed by atoms with Gasteiger partial charge in [-0.3, -0.25) is 9.52 Å². The van der Waals surface area contributed by atoms with Crippen molar-refractivity contribution in [2.45, 2.75) is 24.7 Å². The number of nitrogens with one attached hydrogen (secondary N) is 1. The lowest BCUT2D eigenvalue weighted by Gasteiger charge is -2.33. The minimum absolute atomic E-state index is 0.0139. The van der Waals surface area contributed by atoms with E-state index in [0.29, 0.717) is 19.4 Å². The van der Waals surface area contributed by atoms with E-state index >= 15 is 0 Å². The fourth-order valence-electron chi connectivity index (χ4n) is 3.42. The third-order valence-electron chi connectivity index (χ3n) is 4.82. The van der Waals surface area contributed by atoms with E-state index in [9.17, 15) is 23.1 Å². The number of carboxylic acids is 1. The minimum atomic E-state index is -4.04. The van der Waals surface area contributed by atoms with E-state index < -0.39 is 16.0 Å². The summed E-state index contributed by atoms with van der Waals surface area (Å²) < 4.78 is 32.7. The molecular formula is C20H22ClN3O6S. The van der Waals surface area contributed by atoms with Gasteiger partial charge in [-0.2, -0.15) is 0 Å². The average molecular weight is 468 g/mol. The van der Waals surface area contributed by atoms with E-state index in [1.54, 1.807) is 17.9 Å². The predicted octanol–water partition coefficient (Wildman–Crippen LogP) is 3.01. The van der Waals surface area contributed by atoms with Crippen molar-refractivity contribution in [1.29, 1.82) is 0 Å². The number of hydrogen-bond donors (Lipinski definition) is 2. The third kappa shape index (κ3) is 5.26. The Balaban J connectivity index is 1.87. The molecule has 1 aromatic heterocycles. The van der Waals surface area contributed by atoms with Crippen molar-refractivity contribution in [3.8, 4) is 0 Å². The van der Waals surface area contributed by atoms with Gasteiger partial charge in [0.25, 0.3) is 10.0 Å². The maximum atomic E-state index is 12.6. The van der Waals surface area contributed by atoms with Crippen LogP contribution in [-0.2, 0) is 19.6 Å². The van der Waals surface area contributed by atoms with Crippen LogP contribution in [0.15, 0.2) is 41.4 Å². The summed E-state index contributed by atoms with van der Waals surface area (Å²) in [6.45, 7) is 2.80. The molecule has 0 amide bonds. The van der Waals surface area contributed by atoms with Crippen molar-refractivity contribution in [3.63, 3.8) is 0 Å². The van der Waals surface area contributed by atoms with Gasteiger partial charge in [-0.1, -0.05) is 23.7 Å². The second kappa shape index (κ2) is 9.52. The summed E-state index contributed by atoms with van der Waals surface area (Å²) in [5.74, 6) is -1.80. The summed E-state index contributed by atoms with van der Waals surface area (Å²) in [5, 5.41) is 9.72. The Bertz CT molecular complexity index is 1090. The van der Waals surface area contributed by atoms with Gasteiger partial charge in [-0.15, -0.1) is 0 Å². The number of hydrogen-bond acceptors (Lipinski definition) is 7. The molecule has 0 bridgehead atoms. The molecule has 2 aromatic rings. The SMILES string of the molecule is CCOC(=O)[C@H]1CCCN(c2ncc(NS(=O)(=O)c3ccccc3Cl)cc2C(=O)O)C1. The Morgan fingerprint density at radius 1 is 1.35 bits per heavy atom. The zero-order valence-electron chi connectivity index (χ0n) is 16.7. The van der Waals surface area contributed by atoms with Gasteiger partial charge in [0.2, 0.25) is 0 Å².